The SMILES string of the molecule is COc1ccc(-c2ccc3nc(-c4cccnc4N)n(-c4ccc(CO[Si](C)(C)C(C)(C)C)cc4)c3n2)cn1. The molecule has 0 saturated heterocycles. The lowest BCUT2D eigenvalue weighted by molar-refractivity contribution is 0.276. The first-order valence-electron chi connectivity index (χ1n) is 12.9. The Bertz CT molecular complexity index is 1610. The van der Waals surface area contributed by atoms with Gasteiger partial charge >= 0.3 is 0 Å². The second-order valence-corrected chi connectivity index (χ2v) is 15.9. The van der Waals surface area contributed by atoms with E-state index in [2.05, 4.69) is 68.1 Å². The fourth-order valence-electron chi connectivity index (χ4n) is 4.02. The lowest BCUT2D eigenvalue weighted by Crippen LogP contribution is -2.40. The first-order valence-corrected chi connectivity index (χ1v) is 15.8. The van der Waals surface area contributed by atoms with Crippen molar-refractivity contribution in [1.29, 1.82) is 0 Å². The van der Waals surface area contributed by atoms with Crippen LogP contribution in [0.4, 0.5) is 5.82 Å². The average molecular weight is 539 g/mol. The van der Waals surface area contributed by atoms with Crippen LogP contribution in [0.1, 0.15) is 26.3 Å². The number of nitrogens with zero attached hydrogens (tertiary/aromatic N) is 5. The molecule has 0 aliphatic carbocycles. The highest BCUT2D eigenvalue weighted by molar-refractivity contribution is 6.74. The molecular formula is C30H34N6O2Si. The third-order valence-corrected chi connectivity index (χ3v) is 11.9. The van der Waals surface area contributed by atoms with E-state index < -0.39 is 8.32 Å². The molecule has 5 rings (SSSR count). The zero-order chi connectivity index (χ0) is 27.8. The molecular weight excluding hydrogens is 504 g/mol. The molecule has 0 atom stereocenters. The van der Waals surface area contributed by atoms with Crippen LogP contribution in [0.3, 0.4) is 0 Å². The molecule has 0 spiro atoms. The minimum absolute atomic E-state index is 0.157. The quantitative estimate of drug-likeness (QED) is 0.231. The molecule has 0 unspecified atom stereocenters. The number of anilines is 1. The van der Waals surface area contributed by atoms with Crippen LogP contribution in [0, 0.1) is 0 Å². The number of pyridine rings is 3. The molecule has 39 heavy (non-hydrogen) atoms. The van der Waals surface area contributed by atoms with Crippen molar-refractivity contribution >= 4 is 25.3 Å². The van der Waals surface area contributed by atoms with Crippen LogP contribution in [0.25, 0.3) is 39.5 Å². The fraction of sp³-hybridized carbons (Fsp3) is 0.267. The predicted molar refractivity (Wildman–Crippen MR) is 158 cm³/mol. The molecule has 1 aromatic carbocycles. The molecule has 5 aromatic rings. The molecule has 0 saturated carbocycles. The third kappa shape index (κ3) is 5.28. The molecule has 0 amide bonds. The number of ether oxygens (including phenoxy) is 1. The van der Waals surface area contributed by atoms with Crippen molar-refractivity contribution in [3.8, 4) is 34.2 Å². The van der Waals surface area contributed by atoms with Gasteiger partial charge in [0, 0.05) is 29.7 Å². The number of benzene rings is 1. The van der Waals surface area contributed by atoms with E-state index in [9.17, 15) is 0 Å². The van der Waals surface area contributed by atoms with Crippen molar-refractivity contribution in [2.75, 3.05) is 12.8 Å². The number of rotatable bonds is 7. The van der Waals surface area contributed by atoms with Gasteiger partial charge in [0.15, 0.2) is 19.8 Å². The molecule has 9 heteroatoms. The minimum atomic E-state index is -1.85. The van der Waals surface area contributed by atoms with Gasteiger partial charge in [-0.2, -0.15) is 0 Å². The number of nitrogen functional groups attached to an aromatic ring is 1. The molecule has 2 N–H and O–H groups in total. The third-order valence-electron chi connectivity index (χ3n) is 7.43. The summed E-state index contributed by atoms with van der Waals surface area (Å²) in [6.45, 7) is 11.9. The number of aromatic nitrogens is 5. The van der Waals surface area contributed by atoms with E-state index in [0.29, 0.717) is 29.8 Å². The Labute approximate surface area is 230 Å². The largest absolute Gasteiger partial charge is 0.481 e. The topological polar surface area (TPSA) is 101 Å². The minimum Gasteiger partial charge on any atom is -0.481 e. The smallest absolute Gasteiger partial charge is 0.212 e. The number of hydrogen-bond acceptors (Lipinski definition) is 7. The highest BCUT2D eigenvalue weighted by atomic mass is 28.4. The fourth-order valence-corrected chi connectivity index (χ4v) is 4.98. The second kappa shape index (κ2) is 10.2. The van der Waals surface area contributed by atoms with Crippen LogP contribution in [-0.2, 0) is 11.0 Å². The van der Waals surface area contributed by atoms with Crippen LogP contribution in [0.5, 0.6) is 5.88 Å². The van der Waals surface area contributed by atoms with E-state index in [1.165, 1.54) is 0 Å². The molecule has 0 aliphatic rings. The van der Waals surface area contributed by atoms with Gasteiger partial charge in [0.05, 0.1) is 25.0 Å². The molecule has 0 radical (unpaired) electrons. The lowest BCUT2D eigenvalue weighted by atomic mass is 10.2. The van der Waals surface area contributed by atoms with Gasteiger partial charge in [0.25, 0.3) is 0 Å². The lowest BCUT2D eigenvalue weighted by Gasteiger charge is -2.36. The zero-order valence-corrected chi connectivity index (χ0v) is 24.3. The van der Waals surface area contributed by atoms with Crippen LogP contribution in [0.15, 0.2) is 73.1 Å². The molecule has 8 nitrogen and oxygen atoms in total. The van der Waals surface area contributed by atoms with E-state index in [1.807, 2.05) is 41.0 Å². The van der Waals surface area contributed by atoms with E-state index in [1.54, 1.807) is 19.5 Å². The van der Waals surface area contributed by atoms with Gasteiger partial charge in [0.2, 0.25) is 5.88 Å². The highest BCUT2D eigenvalue weighted by Gasteiger charge is 2.37. The standard InChI is InChI=1S/C30H34N6O2Si/c1-30(2,3)39(5,6)38-19-20-9-12-22(13-10-20)36-28(23-8-7-17-32-27(23)31)35-25-15-14-24(34-29(25)36)21-11-16-26(37-4)33-18-21/h7-18H,19H2,1-6H3,(H2,31,32). The van der Waals surface area contributed by atoms with Gasteiger partial charge in [-0.25, -0.2) is 19.9 Å². The monoisotopic (exact) mass is 538 g/mol. The molecule has 0 fully saturated rings. The Balaban J connectivity index is 1.58. The van der Waals surface area contributed by atoms with Crippen molar-refractivity contribution in [3.63, 3.8) is 0 Å². The van der Waals surface area contributed by atoms with Crippen molar-refractivity contribution in [1.82, 2.24) is 24.5 Å². The summed E-state index contributed by atoms with van der Waals surface area (Å²) < 4.78 is 13.7. The van der Waals surface area contributed by atoms with Gasteiger partial charge in [-0.3, -0.25) is 4.57 Å². The van der Waals surface area contributed by atoms with Gasteiger partial charge in [-0.15, -0.1) is 0 Å². The number of fused-ring (bicyclic) bond motifs is 1. The molecule has 4 aromatic heterocycles. The second-order valence-electron chi connectivity index (χ2n) is 11.1. The Morgan fingerprint density at radius 1 is 0.923 bits per heavy atom. The number of nitrogens with two attached hydrogens (primary N) is 1. The van der Waals surface area contributed by atoms with Gasteiger partial charge in [0.1, 0.15) is 11.3 Å². The Morgan fingerprint density at radius 2 is 1.69 bits per heavy atom. The van der Waals surface area contributed by atoms with E-state index in [-0.39, 0.29) is 5.04 Å². The number of imidazole rings is 1. The average Bonchev–Trinajstić information content (AvgIpc) is 3.30. The first kappa shape index (κ1) is 26.5. The van der Waals surface area contributed by atoms with Crippen LogP contribution in [-0.4, -0.2) is 39.9 Å². The summed E-state index contributed by atoms with van der Waals surface area (Å²) in [5.41, 5.74) is 12.2. The molecule has 0 aliphatic heterocycles. The zero-order valence-electron chi connectivity index (χ0n) is 23.3. The first-order chi connectivity index (χ1) is 18.6. The predicted octanol–water partition coefficient (Wildman–Crippen LogP) is 6.66. The van der Waals surface area contributed by atoms with Crippen LogP contribution < -0.4 is 10.5 Å². The Kier molecular flexibility index (Phi) is 6.96. The summed E-state index contributed by atoms with van der Waals surface area (Å²) in [5, 5.41) is 0.157. The maximum Gasteiger partial charge on any atom is 0.212 e. The summed E-state index contributed by atoms with van der Waals surface area (Å²) in [6, 6.07) is 19.8. The maximum atomic E-state index is 6.44. The van der Waals surface area contributed by atoms with E-state index >= 15 is 0 Å². The maximum absolute atomic E-state index is 6.44. The number of methoxy groups -OCH3 is 1. The summed E-state index contributed by atoms with van der Waals surface area (Å²) in [5.74, 6) is 1.64. The van der Waals surface area contributed by atoms with Crippen molar-refractivity contribution in [3.05, 3.63) is 78.6 Å². The Hall–Kier alpha value is -4.08. The summed E-state index contributed by atoms with van der Waals surface area (Å²) in [7, 11) is -0.255. The van der Waals surface area contributed by atoms with Crippen molar-refractivity contribution in [2.24, 2.45) is 0 Å². The molecule has 4 heterocycles. The van der Waals surface area contributed by atoms with Gasteiger partial charge < -0.3 is 14.9 Å². The Morgan fingerprint density at radius 3 is 2.33 bits per heavy atom. The van der Waals surface area contributed by atoms with Gasteiger partial charge in [-0.1, -0.05) is 32.9 Å². The van der Waals surface area contributed by atoms with Crippen LogP contribution >= 0.6 is 0 Å². The van der Waals surface area contributed by atoms with Gasteiger partial charge in [-0.05, 0) is 66.2 Å². The van der Waals surface area contributed by atoms with Crippen molar-refractivity contribution in [2.45, 2.75) is 45.5 Å². The molecule has 200 valence electrons. The van der Waals surface area contributed by atoms with Crippen LogP contribution in [0.2, 0.25) is 18.1 Å². The highest BCUT2D eigenvalue weighted by Crippen LogP contribution is 2.37. The molecule has 0 bridgehead atoms. The van der Waals surface area contributed by atoms with E-state index in [4.69, 9.17) is 24.9 Å². The summed E-state index contributed by atoms with van der Waals surface area (Å²) in [4.78, 5) is 18.6. The summed E-state index contributed by atoms with van der Waals surface area (Å²) >= 11 is 0. The normalized spacial score (nSPS) is 12.2. The number of hydrogen-bond donors (Lipinski definition) is 1. The summed E-state index contributed by atoms with van der Waals surface area (Å²) in [6.07, 6.45) is 3.43. The van der Waals surface area contributed by atoms with Crippen molar-refractivity contribution < 1.29 is 9.16 Å². The van der Waals surface area contributed by atoms with E-state index in [0.717, 1.165) is 33.6 Å².